The number of carbonyl (C=O) groups excluding carboxylic acids is 1. The van der Waals surface area contributed by atoms with Crippen molar-refractivity contribution in [3.63, 3.8) is 0 Å². The molecule has 0 spiro atoms. The van der Waals surface area contributed by atoms with E-state index in [1.165, 1.54) is 32.1 Å². The van der Waals surface area contributed by atoms with Gasteiger partial charge >= 0.3 is 31.1 Å². The summed E-state index contributed by atoms with van der Waals surface area (Å²) in [4.78, 5) is 9.97. The van der Waals surface area contributed by atoms with Crippen molar-refractivity contribution in [1.82, 2.24) is 10.6 Å². The molecule has 0 radical (unpaired) electrons. The minimum absolute atomic E-state index is 0. The molecule has 0 amide bonds. The molecule has 0 saturated carbocycles. The second-order valence-corrected chi connectivity index (χ2v) is 7.47. The Kier molecular flexibility index (Phi) is 10.00. The van der Waals surface area contributed by atoms with Gasteiger partial charge in [-0.2, -0.15) is 12.8 Å². The Balaban J connectivity index is 0.000000216. The Morgan fingerprint density at radius 3 is 2.24 bits per heavy atom. The number of alkyl halides is 1. The van der Waals surface area contributed by atoms with E-state index in [0.29, 0.717) is 6.04 Å². The van der Waals surface area contributed by atoms with Gasteiger partial charge in [-0.15, -0.1) is 28.5 Å². The number of hydrogen-bond acceptors (Lipinski definition) is 3. The molecule has 5 heteroatoms. The quantitative estimate of drug-likeness (QED) is 0.280. The summed E-state index contributed by atoms with van der Waals surface area (Å²) < 4.78 is 0.0568. The van der Waals surface area contributed by atoms with E-state index in [9.17, 15) is 4.79 Å². The summed E-state index contributed by atoms with van der Waals surface area (Å²) in [6.45, 7) is 5.68. The van der Waals surface area contributed by atoms with Crippen LogP contribution in [0.15, 0.2) is 0 Å². The molecule has 0 aromatic carbocycles. The maximum absolute atomic E-state index is 9.97. The molecule has 3 fully saturated rings. The fourth-order valence-corrected chi connectivity index (χ4v) is 4.31. The Morgan fingerprint density at radius 1 is 1.29 bits per heavy atom. The van der Waals surface area contributed by atoms with E-state index in [4.69, 9.17) is 0 Å². The van der Waals surface area contributed by atoms with Crippen molar-refractivity contribution in [2.24, 2.45) is 5.92 Å². The van der Waals surface area contributed by atoms with Crippen LogP contribution in [0.5, 0.6) is 0 Å². The van der Waals surface area contributed by atoms with Gasteiger partial charge in [-0.1, -0.05) is 24.2 Å². The van der Waals surface area contributed by atoms with Crippen molar-refractivity contribution < 1.29 is 35.9 Å². The van der Waals surface area contributed by atoms with E-state index in [1.807, 2.05) is 6.29 Å². The molecule has 3 saturated heterocycles. The first-order valence-corrected chi connectivity index (χ1v) is 9.29. The van der Waals surface area contributed by atoms with Crippen molar-refractivity contribution in [3.05, 3.63) is 5.92 Å². The van der Waals surface area contributed by atoms with Crippen LogP contribution >= 0.6 is 22.6 Å². The summed E-state index contributed by atoms with van der Waals surface area (Å²) in [6, 6.07) is 2.13. The SMILES string of the molecule is CC[C-](CC)C1CC2CCC1N2.O=[C-]C(I)C1CCN1.[U+2]. The monoisotopic (exact) mass is 628 g/mol. The van der Waals surface area contributed by atoms with Crippen LogP contribution in [0.2, 0.25) is 0 Å². The first-order chi connectivity index (χ1) is 9.69. The fraction of sp³-hybridized carbons (Fsp3) is 0.875. The first kappa shape index (κ1) is 20.4. The van der Waals surface area contributed by atoms with Crippen molar-refractivity contribution >= 4 is 28.9 Å². The molecule has 0 aliphatic carbocycles. The minimum Gasteiger partial charge on any atom is -0.541 e. The molecule has 2 N–H and O–H groups in total. The third-order valence-electron chi connectivity index (χ3n) is 5.06. The zero-order chi connectivity index (χ0) is 14.5. The van der Waals surface area contributed by atoms with Crippen LogP contribution in [0.25, 0.3) is 0 Å². The van der Waals surface area contributed by atoms with Gasteiger partial charge in [0, 0.05) is 6.04 Å². The van der Waals surface area contributed by atoms with Gasteiger partial charge in [0.1, 0.15) is 0 Å². The number of nitrogens with one attached hydrogen (secondary N) is 2. The van der Waals surface area contributed by atoms with E-state index >= 15 is 0 Å². The zero-order valence-corrected chi connectivity index (χ0v) is 19.4. The van der Waals surface area contributed by atoms with Crippen LogP contribution < -0.4 is 10.6 Å². The standard InChI is InChI=1S/C11H20N.C5H7INO.U/c1-3-8(4-2)10-7-9-5-6-11(10)12-9;6-4(3-8)5-1-2-7-5;/h9-12H,3-7H2,1-2H3;4-5,7H,1-2H2;/q2*-1;+2. The summed E-state index contributed by atoms with van der Waals surface area (Å²) in [5.41, 5.74) is 0. The van der Waals surface area contributed by atoms with Gasteiger partial charge in [0.15, 0.2) is 0 Å². The molecule has 3 aliphatic heterocycles. The number of fused-ring (bicyclic) bond motifs is 2. The Morgan fingerprint density at radius 2 is 1.95 bits per heavy atom. The first-order valence-electron chi connectivity index (χ1n) is 8.05. The second kappa shape index (κ2) is 10.3. The van der Waals surface area contributed by atoms with E-state index in [2.05, 4.69) is 47.1 Å². The fourth-order valence-electron chi connectivity index (χ4n) is 3.69. The molecule has 5 unspecified atom stereocenters. The summed E-state index contributed by atoms with van der Waals surface area (Å²) in [7, 11) is 0. The molecule has 3 aliphatic rings. The van der Waals surface area contributed by atoms with Crippen molar-refractivity contribution in [1.29, 1.82) is 0 Å². The predicted molar refractivity (Wildman–Crippen MR) is 91.8 cm³/mol. The van der Waals surface area contributed by atoms with Crippen molar-refractivity contribution in [2.75, 3.05) is 6.54 Å². The average molecular weight is 628 g/mol. The minimum atomic E-state index is 0. The Hall–Kier alpha value is 1.37. The van der Waals surface area contributed by atoms with Crippen LogP contribution in [0.1, 0.15) is 52.4 Å². The normalized spacial score (nSPS) is 34.5. The van der Waals surface area contributed by atoms with Crippen LogP contribution in [0.3, 0.4) is 0 Å². The molecule has 0 aromatic heterocycles. The smallest absolute Gasteiger partial charge is 0.541 e. The van der Waals surface area contributed by atoms with E-state index in [0.717, 1.165) is 31.0 Å². The summed E-state index contributed by atoms with van der Waals surface area (Å²) in [5, 5.41) is 6.83. The molecule has 3 rings (SSSR count). The molecule has 5 atom stereocenters. The van der Waals surface area contributed by atoms with Gasteiger partial charge in [-0.25, -0.2) is 6.29 Å². The van der Waals surface area contributed by atoms with E-state index in [1.54, 1.807) is 5.92 Å². The Labute approximate surface area is 167 Å². The number of halogens is 1. The maximum atomic E-state index is 9.97. The van der Waals surface area contributed by atoms with Gasteiger partial charge in [-0.3, -0.25) is 0 Å². The van der Waals surface area contributed by atoms with Gasteiger partial charge in [0.25, 0.3) is 0 Å². The van der Waals surface area contributed by atoms with Gasteiger partial charge in [0.2, 0.25) is 0 Å². The summed E-state index contributed by atoms with van der Waals surface area (Å²) >= 11 is 2.10. The van der Waals surface area contributed by atoms with Crippen LogP contribution in [-0.4, -0.2) is 34.9 Å². The van der Waals surface area contributed by atoms with Crippen LogP contribution in [-0.2, 0) is 4.79 Å². The number of hydrogen-bond donors (Lipinski definition) is 2. The van der Waals surface area contributed by atoms with E-state index in [-0.39, 0.29) is 35.0 Å². The zero-order valence-electron chi connectivity index (χ0n) is 13.1. The summed E-state index contributed by atoms with van der Waals surface area (Å²) in [5.74, 6) is 2.73. The third-order valence-corrected chi connectivity index (χ3v) is 6.18. The number of rotatable bonds is 5. The molecular formula is C16H27IN2OU. The molecule has 3 nitrogen and oxygen atoms in total. The second-order valence-electron chi connectivity index (χ2n) is 6.12. The molecule has 0 aromatic rings. The molecular weight excluding hydrogens is 601 g/mol. The molecule has 3 heterocycles. The van der Waals surface area contributed by atoms with Crippen LogP contribution in [0, 0.1) is 42.9 Å². The maximum Gasteiger partial charge on any atom is 2.00 e. The Bertz CT molecular complexity index is 311. The average Bonchev–Trinajstić information content (AvgIpc) is 3.01. The molecule has 118 valence electrons. The summed E-state index contributed by atoms with van der Waals surface area (Å²) in [6.07, 6.45) is 9.96. The third kappa shape index (κ3) is 5.45. The molecule has 2 bridgehead atoms. The van der Waals surface area contributed by atoms with Gasteiger partial charge < -0.3 is 21.3 Å². The van der Waals surface area contributed by atoms with Gasteiger partial charge in [-0.05, 0) is 37.9 Å². The van der Waals surface area contributed by atoms with Gasteiger partial charge in [0.05, 0.1) is 0 Å². The largest absolute Gasteiger partial charge is 2.00 e. The predicted octanol–water partition coefficient (Wildman–Crippen LogP) is 2.78. The topological polar surface area (TPSA) is 41.1 Å². The van der Waals surface area contributed by atoms with Crippen molar-refractivity contribution in [3.8, 4) is 0 Å². The van der Waals surface area contributed by atoms with E-state index < -0.39 is 0 Å². The van der Waals surface area contributed by atoms with Crippen molar-refractivity contribution in [2.45, 2.75) is 74.4 Å². The van der Waals surface area contributed by atoms with Crippen LogP contribution in [0.4, 0.5) is 0 Å². The molecule has 21 heavy (non-hydrogen) atoms.